The maximum atomic E-state index is 10.8. The quantitative estimate of drug-likeness (QED) is 0.221. The van der Waals surface area contributed by atoms with Crippen LogP contribution < -0.4 is 5.73 Å². The van der Waals surface area contributed by atoms with E-state index in [-0.39, 0.29) is 18.1 Å². The van der Waals surface area contributed by atoms with Crippen molar-refractivity contribution in [2.75, 3.05) is 6.61 Å². The molecule has 3 rings (SSSR count). The monoisotopic (exact) mass is 366 g/mol. The first-order valence-electron chi connectivity index (χ1n) is 8.06. The number of rotatable bonds is 5. The zero-order valence-corrected chi connectivity index (χ0v) is 14.2. The molecule has 3 aliphatic rings. The summed E-state index contributed by atoms with van der Waals surface area (Å²) in [4.78, 5) is 13.5. The summed E-state index contributed by atoms with van der Waals surface area (Å²) in [5.74, 6) is -0.0603. The van der Waals surface area contributed by atoms with Crippen molar-refractivity contribution in [1.82, 2.24) is 4.90 Å². The van der Waals surface area contributed by atoms with Gasteiger partial charge in [-0.3, -0.25) is 10.6 Å². The fourth-order valence-electron chi connectivity index (χ4n) is 3.31. The van der Waals surface area contributed by atoms with E-state index in [0.717, 1.165) is 11.9 Å². The van der Waals surface area contributed by atoms with Crippen molar-refractivity contribution in [3.8, 4) is 0 Å². The van der Waals surface area contributed by atoms with E-state index in [4.69, 9.17) is 15.7 Å². The topological polar surface area (TPSA) is 169 Å². The lowest BCUT2D eigenvalue weighted by molar-refractivity contribution is -0.144. The van der Waals surface area contributed by atoms with Crippen LogP contribution in [0.5, 0.6) is 0 Å². The fourth-order valence-corrected chi connectivity index (χ4v) is 3.31. The molecule has 0 amide bonds. The van der Waals surface area contributed by atoms with Crippen LogP contribution in [0, 0.1) is 0 Å². The summed E-state index contributed by atoms with van der Waals surface area (Å²) < 4.78 is 5.88. The lowest BCUT2D eigenvalue weighted by Crippen LogP contribution is -2.64. The lowest BCUT2D eigenvalue weighted by atomic mass is 9.93. The predicted octanol–water partition coefficient (Wildman–Crippen LogP) is -1.62. The molecule has 6 N–H and O–H groups in total. The molecule has 1 saturated heterocycles. The van der Waals surface area contributed by atoms with Gasteiger partial charge >= 0.3 is 0 Å². The third-order valence-electron chi connectivity index (χ3n) is 4.76. The van der Waals surface area contributed by atoms with Gasteiger partial charge < -0.3 is 25.3 Å². The molecule has 142 valence electrons. The lowest BCUT2D eigenvalue weighted by Gasteiger charge is -2.41. The number of aliphatic imine (C=N–C) groups is 3. The molecular formula is C15H22N6O5. The number of amidine groups is 2. The number of fused-ring (bicyclic) bond motifs is 1. The molecule has 1 fully saturated rings. The van der Waals surface area contributed by atoms with Gasteiger partial charge in [0.25, 0.3) is 0 Å². The molecule has 1 unspecified atom stereocenters. The zero-order chi connectivity index (χ0) is 19.1. The summed E-state index contributed by atoms with van der Waals surface area (Å²) in [6.45, 7) is 5.19. The van der Waals surface area contributed by atoms with Crippen molar-refractivity contribution in [2.45, 2.75) is 49.5 Å². The summed E-state index contributed by atoms with van der Waals surface area (Å²) in [5, 5.41) is 42.7. The van der Waals surface area contributed by atoms with Crippen LogP contribution in [0.2, 0.25) is 0 Å². The second-order valence-corrected chi connectivity index (χ2v) is 6.58. The molecule has 0 saturated carbocycles. The Bertz CT molecular complexity index is 721. The Morgan fingerprint density at radius 1 is 1.50 bits per heavy atom. The summed E-state index contributed by atoms with van der Waals surface area (Å²) in [5.41, 5.74) is 3.90. The Kier molecular flexibility index (Phi) is 4.67. The molecule has 3 heterocycles. The number of hydrogen-bond acceptors (Lipinski definition) is 10. The molecule has 0 aromatic carbocycles. The van der Waals surface area contributed by atoms with E-state index in [1.54, 1.807) is 0 Å². The number of ether oxygens (including phenoxy) is 1. The second kappa shape index (κ2) is 6.52. The van der Waals surface area contributed by atoms with Crippen LogP contribution in [0.1, 0.15) is 19.8 Å². The number of oxime groups is 1. The molecule has 0 bridgehead atoms. The van der Waals surface area contributed by atoms with E-state index in [1.165, 1.54) is 11.2 Å². The van der Waals surface area contributed by atoms with Gasteiger partial charge in [0.2, 0.25) is 11.5 Å². The minimum absolute atomic E-state index is 0.117. The number of aliphatic hydroxyl groups is 3. The number of allylic oxidation sites excluding steroid dienone is 1. The first kappa shape index (κ1) is 18.6. The Labute approximate surface area is 149 Å². The number of nitrogens with two attached hydrogens (primary N) is 1. The van der Waals surface area contributed by atoms with E-state index in [0.29, 0.717) is 6.42 Å². The highest BCUT2D eigenvalue weighted by Crippen LogP contribution is 2.41. The van der Waals surface area contributed by atoms with Crippen molar-refractivity contribution in [1.29, 1.82) is 0 Å². The Morgan fingerprint density at radius 3 is 2.81 bits per heavy atom. The highest BCUT2D eigenvalue weighted by molar-refractivity contribution is 6.24. The van der Waals surface area contributed by atoms with Crippen molar-refractivity contribution < 1.29 is 25.3 Å². The van der Waals surface area contributed by atoms with Crippen LogP contribution in [0.4, 0.5) is 0 Å². The first-order chi connectivity index (χ1) is 12.3. The minimum Gasteiger partial charge on any atom is -0.409 e. The van der Waals surface area contributed by atoms with Gasteiger partial charge in [0, 0.05) is 6.42 Å². The maximum absolute atomic E-state index is 10.8. The van der Waals surface area contributed by atoms with Crippen LogP contribution >= 0.6 is 0 Å². The minimum atomic E-state index is -1.65. The van der Waals surface area contributed by atoms with E-state index in [1.807, 2.05) is 6.92 Å². The molecule has 11 nitrogen and oxygen atoms in total. The smallest absolute Gasteiger partial charge is 0.232 e. The van der Waals surface area contributed by atoms with Gasteiger partial charge in [0.1, 0.15) is 24.7 Å². The van der Waals surface area contributed by atoms with Crippen LogP contribution in [-0.2, 0) is 4.74 Å². The maximum Gasteiger partial charge on any atom is 0.232 e. The summed E-state index contributed by atoms with van der Waals surface area (Å²) in [6, 6.07) is 0. The van der Waals surface area contributed by atoms with E-state index >= 15 is 0 Å². The van der Waals surface area contributed by atoms with Crippen molar-refractivity contribution in [2.24, 2.45) is 25.9 Å². The number of nitrogens with zero attached hydrogens (tertiary/aromatic N) is 5. The molecule has 11 heteroatoms. The van der Waals surface area contributed by atoms with Crippen molar-refractivity contribution in [3.63, 3.8) is 0 Å². The third kappa shape index (κ3) is 2.56. The highest BCUT2D eigenvalue weighted by Gasteiger charge is 2.61. The van der Waals surface area contributed by atoms with Crippen molar-refractivity contribution >= 4 is 24.3 Å². The fraction of sp³-hybridized carbons (Fsp3) is 0.600. The van der Waals surface area contributed by atoms with Gasteiger partial charge in [-0.2, -0.15) is 0 Å². The number of hydrogen-bond donors (Lipinski definition) is 5. The van der Waals surface area contributed by atoms with E-state index < -0.39 is 36.3 Å². The van der Waals surface area contributed by atoms with E-state index in [9.17, 15) is 15.3 Å². The molecule has 0 radical (unpaired) electrons. The van der Waals surface area contributed by atoms with Gasteiger partial charge in [-0.05, 0) is 13.3 Å². The average molecular weight is 366 g/mol. The molecule has 3 aliphatic heterocycles. The van der Waals surface area contributed by atoms with Crippen LogP contribution in [0.3, 0.4) is 0 Å². The SMILES string of the molecule is C=C(C)CC[C@@]1(N2C=NC3(N)C(=NO)N=CN=C23)O[C@H](CO)[C@@H](O)[C@H]1O. The molecule has 26 heavy (non-hydrogen) atoms. The van der Waals surface area contributed by atoms with Crippen LogP contribution in [0.25, 0.3) is 0 Å². The zero-order valence-electron chi connectivity index (χ0n) is 14.2. The average Bonchev–Trinajstić information content (AvgIpc) is 3.09. The van der Waals surface area contributed by atoms with Gasteiger partial charge in [-0.1, -0.05) is 10.7 Å². The number of aliphatic hydroxyl groups excluding tert-OH is 3. The normalized spacial score (nSPS) is 40.2. The standard InChI is InChI=1S/C15H22N6O5/c1-8(2)3-4-14(11(24)10(23)9(5-22)26-14)21-7-19-15(16)12(20-25)17-6-18-13(15)21/h6-7,9-11,22-25H,1,3-5,16H2,2H3/t9-,10-,11-,14-,15?/m1/s1. The summed E-state index contributed by atoms with van der Waals surface area (Å²) in [6.07, 6.45) is -0.579. The van der Waals surface area contributed by atoms with E-state index in [2.05, 4.69) is 26.7 Å². The molecular weight excluding hydrogens is 344 g/mol. The molecule has 0 spiro atoms. The predicted molar refractivity (Wildman–Crippen MR) is 93.1 cm³/mol. The summed E-state index contributed by atoms with van der Waals surface area (Å²) >= 11 is 0. The van der Waals surface area contributed by atoms with Crippen LogP contribution in [-0.4, -0.2) is 86.1 Å². The first-order valence-corrected chi connectivity index (χ1v) is 8.06. The van der Waals surface area contributed by atoms with Crippen LogP contribution in [0.15, 0.2) is 32.3 Å². The molecule has 0 aromatic rings. The van der Waals surface area contributed by atoms with Gasteiger partial charge in [-0.15, -0.1) is 6.58 Å². The Morgan fingerprint density at radius 2 is 2.23 bits per heavy atom. The Balaban J connectivity index is 2.04. The largest absolute Gasteiger partial charge is 0.409 e. The molecule has 0 aromatic heterocycles. The molecule has 0 aliphatic carbocycles. The molecule has 5 atom stereocenters. The van der Waals surface area contributed by atoms with Crippen molar-refractivity contribution in [3.05, 3.63) is 12.2 Å². The van der Waals surface area contributed by atoms with Gasteiger partial charge in [-0.25, -0.2) is 15.0 Å². The second-order valence-electron chi connectivity index (χ2n) is 6.58. The Hall–Kier alpha value is -2.18. The van der Waals surface area contributed by atoms with Gasteiger partial charge in [0.15, 0.2) is 11.6 Å². The summed E-state index contributed by atoms with van der Waals surface area (Å²) in [7, 11) is 0. The third-order valence-corrected chi connectivity index (χ3v) is 4.76. The van der Waals surface area contributed by atoms with Gasteiger partial charge in [0.05, 0.1) is 12.9 Å². The highest BCUT2D eigenvalue weighted by atomic mass is 16.6.